The number of halogens is 9. The van der Waals surface area contributed by atoms with Gasteiger partial charge in [0.15, 0.2) is 16.6 Å². The molecule has 0 saturated heterocycles. The van der Waals surface area contributed by atoms with Gasteiger partial charge in [0, 0.05) is 86.2 Å². The number of nitrogens with zero attached hydrogens (tertiary/aromatic N) is 4. The Morgan fingerprint density at radius 2 is 1.29 bits per heavy atom. The quantitative estimate of drug-likeness (QED) is 0.00621. The lowest BCUT2D eigenvalue weighted by molar-refractivity contribution is -0.604. The van der Waals surface area contributed by atoms with Crippen LogP contribution in [0, 0.1) is 6.92 Å². The molecule has 2 aliphatic heterocycles. The van der Waals surface area contributed by atoms with Crippen molar-refractivity contribution in [2.45, 2.75) is 159 Å². The van der Waals surface area contributed by atoms with Gasteiger partial charge in [0.25, 0.3) is 10.1 Å². The number of allylic oxidation sites excluding steroid dienone is 6. The Morgan fingerprint density at radius 1 is 0.742 bits per heavy atom. The molecule has 11 N–H and O–H groups in total. The fraction of sp³-hybridized carbons (Fsp3) is 0.517. The number of nitrogens with one attached hydrogen (secondary N) is 3. The van der Waals surface area contributed by atoms with E-state index in [2.05, 4.69) is 81.3 Å². The van der Waals surface area contributed by atoms with Gasteiger partial charge in [0.1, 0.15) is 16.7 Å². The van der Waals surface area contributed by atoms with Crippen molar-refractivity contribution >= 4 is 83.9 Å². The number of hydrogen-bond acceptors (Lipinski definition) is 15. The van der Waals surface area contributed by atoms with Gasteiger partial charge in [0.05, 0.1) is 21.9 Å². The number of hydrogen-bond donors (Lipinski definition) is 9. The molecule has 2 aliphatic rings. The third-order valence-electron chi connectivity index (χ3n) is 14.0. The molecule has 0 radical (unpaired) electrons. The highest BCUT2D eigenvalue weighted by molar-refractivity contribution is 7.86. The maximum atomic E-state index is 12.7. The molecule has 1 aromatic heterocycles. The van der Waals surface area contributed by atoms with E-state index in [-0.39, 0.29) is 34.0 Å². The summed E-state index contributed by atoms with van der Waals surface area (Å²) < 4.78 is 166. The normalized spacial score (nSPS) is 14.9. The van der Waals surface area contributed by atoms with Crippen LogP contribution in [0.4, 0.5) is 55.1 Å². The van der Waals surface area contributed by atoms with Gasteiger partial charge in [-0.25, -0.2) is 37.2 Å². The number of urea groups is 1. The van der Waals surface area contributed by atoms with E-state index in [1.165, 1.54) is 23.5 Å². The van der Waals surface area contributed by atoms with Gasteiger partial charge in [-0.15, -0.1) is 11.3 Å². The molecule has 520 valence electrons. The number of carboxylic acid groups (broad SMARTS) is 3. The number of benzene rings is 2. The van der Waals surface area contributed by atoms with Crippen molar-refractivity contribution in [2.75, 3.05) is 49.1 Å². The average Bonchev–Trinajstić information content (AvgIpc) is 1.61. The number of rotatable bonds is 28. The third kappa shape index (κ3) is 29.1. The number of para-hydroxylation sites is 1. The van der Waals surface area contributed by atoms with Crippen LogP contribution in [0.3, 0.4) is 0 Å². The van der Waals surface area contributed by atoms with Crippen molar-refractivity contribution in [3.8, 4) is 0 Å². The standard InChI is InChI=1S/C52H75N9O8S3.3C2HF3O2/c1-38-45(70-49(54)58-38)26-22-33-56-48(53)59-50(63)57-32-18-9-7-6-8-17-31-55-47(62)28-14-11-19-35-61-43(40-37-39(72(67,68)69)29-30-41(40)52(61,4)5)24-12-10-13-27-46-51(2,3)42-23-15-16-25-44(42)60(46)34-20-21-36-71(64,65)66;3*3-2(4,5)1(6)7/h10,12-13,15-16,23-25,27,29-30,37H,6-9,11,14,17-22,26,28,31-36H2,1-5H3,(H8-,53,54,55,56,57,58,59,62,63,64,65,66,67,68,69);3*(H,6,7). The molecule has 0 aliphatic carbocycles. The zero-order valence-corrected chi connectivity index (χ0v) is 54.0. The number of anilines is 2. The van der Waals surface area contributed by atoms with Gasteiger partial charge in [-0.2, -0.15) is 47.9 Å². The van der Waals surface area contributed by atoms with Crippen molar-refractivity contribution in [3.05, 3.63) is 106 Å². The van der Waals surface area contributed by atoms with Crippen LogP contribution in [0.15, 0.2) is 88.4 Å². The van der Waals surface area contributed by atoms with E-state index >= 15 is 0 Å². The number of nitrogen functional groups attached to an aromatic ring is 1. The predicted octanol–water partition coefficient (Wildman–Crippen LogP) is 9.61. The van der Waals surface area contributed by atoms with Gasteiger partial charge >= 0.3 is 42.5 Å². The second-order valence-corrected chi connectivity index (χ2v) is 25.9. The van der Waals surface area contributed by atoms with Crippen LogP contribution in [0.2, 0.25) is 0 Å². The lowest BCUT2D eigenvalue weighted by atomic mass is 9.84. The first-order valence-corrected chi connectivity index (χ1v) is 32.6. The number of thiazole rings is 1. The van der Waals surface area contributed by atoms with Gasteiger partial charge in [-0.1, -0.05) is 82.0 Å². The number of carbonyl (C=O) groups excluding carboxylic acids is 2. The van der Waals surface area contributed by atoms with E-state index in [0.29, 0.717) is 62.7 Å². The number of alkyl halides is 9. The van der Waals surface area contributed by atoms with E-state index in [9.17, 15) is 75.0 Å². The molecule has 0 spiro atoms. The molecule has 0 atom stereocenters. The van der Waals surface area contributed by atoms with Gasteiger partial charge in [0.2, 0.25) is 11.6 Å². The lowest BCUT2D eigenvalue weighted by Gasteiger charge is -2.27. The van der Waals surface area contributed by atoms with E-state index in [0.717, 1.165) is 109 Å². The largest absolute Gasteiger partial charge is 0.744 e. The second-order valence-electron chi connectivity index (χ2n) is 21.8. The minimum Gasteiger partial charge on any atom is -0.744 e. The fourth-order valence-electron chi connectivity index (χ4n) is 9.42. The van der Waals surface area contributed by atoms with E-state index in [4.69, 9.17) is 41.2 Å². The summed E-state index contributed by atoms with van der Waals surface area (Å²) in [5, 5.41) is 30.4. The SMILES string of the molecule is Cc1nc(N)sc1CCCN=C(N)NC(=O)NCCCCCCCCNC(=O)CCCCC[N+]1=C(/C=C/C=C/C=C2\N(CCCCS(=O)(=O)O)c3ccccc3C2(C)C)c2cc(S(=O)(=O)[O-])ccc2C1(C)C.O=C(O)C(F)(F)F.O=C(O)C(F)(F)F.O=C(O)C(F)(F)F. The Balaban J connectivity index is 0.00000120. The zero-order valence-electron chi connectivity index (χ0n) is 51.5. The molecular weight excluding hydrogens is 1310 g/mol. The Kier molecular flexibility index (Phi) is 32.2. The van der Waals surface area contributed by atoms with Gasteiger partial charge in [-0.3, -0.25) is 19.7 Å². The molecule has 23 nitrogen and oxygen atoms in total. The summed E-state index contributed by atoms with van der Waals surface area (Å²) >= 11 is 1.48. The summed E-state index contributed by atoms with van der Waals surface area (Å²) in [6.45, 7) is 13.3. The summed E-state index contributed by atoms with van der Waals surface area (Å²) in [7, 11) is -8.73. The van der Waals surface area contributed by atoms with Crippen molar-refractivity contribution in [2.24, 2.45) is 10.7 Å². The van der Waals surface area contributed by atoms with Crippen LogP contribution in [0.5, 0.6) is 0 Å². The Bertz CT molecular complexity index is 3360. The number of unbranched alkanes of at least 4 members (excludes halogenated alkanes) is 8. The van der Waals surface area contributed by atoms with Crippen molar-refractivity contribution < 1.29 is 109 Å². The molecule has 0 bridgehead atoms. The highest BCUT2D eigenvalue weighted by atomic mass is 32.2. The Labute approximate surface area is 536 Å². The number of aryl methyl sites for hydroxylation is 2. The molecular formula is C58H78F9N9O14S3. The van der Waals surface area contributed by atoms with E-state index < -0.39 is 62.2 Å². The summed E-state index contributed by atoms with van der Waals surface area (Å²) in [4.78, 5) is 63.0. The molecule has 35 heteroatoms. The first kappa shape index (κ1) is 81.5. The summed E-state index contributed by atoms with van der Waals surface area (Å²) in [6, 6.07) is 12.3. The number of aromatic nitrogens is 1. The number of guanidine groups is 1. The lowest BCUT2D eigenvalue weighted by Crippen LogP contribution is -2.43. The highest BCUT2D eigenvalue weighted by Gasteiger charge is 2.45. The third-order valence-corrected chi connectivity index (χ3v) is 16.6. The van der Waals surface area contributed by atoms with Gasteiger partial charge < -0.3 is 46.9 Å². The number of aliphatic carboxylic acids is 3. The first-order valence-electron chi connectivity index (χ1n) is 28.8. The molecule has 2 aromatic carbocycles. The van der Waals surface area contributed by atoms with Crippen LogP contribution in [-0.2, 0) is 56.8 Å². The molecule has 0 saturated carbocycles. The topological polar surface area (TPSA) is 377 Å². The van der Waals surface area contributed by atoms with Crippen molar-refractivity contribution in [3.63, 3.8) is 0 Å². The molecule has 3 amide bonds. The van der Waals surface area contributed by atoms with E-state index in [1.807, 2.05) is 43.4 Å². The number of aliphatic imine (C=N–C) groups is 1. The zero-order chi connectivity index (χ0) is 70.8. The minimum atomic E-state index is -5.08. The summed E-state index contributed by atoms with van der Waals surface area (Å²) in [5.74, 6) is -8.44. The molecule has 3 heterocycles. The second kappa shape index (κ2) is 36.7. The summed E-state index contributed by atoms with van der Waals surface area (Å²) in [6.07, 6.45) is 5.57. The monoisotopic (exact) mass is 1390 g/mol. The Hall–Kier alpha value is -7.63. The number of carbonyl (C=O) groups is 5. The fourth-order valence-corrected chi connectivity index (χ4v) is 11.4. The number of nitrogens with two attached hydrogens (primary N) is 2. The van der Waals surface area contributed by atoms with Crippen LogP contribution in [0.1, 0.15) is 138 Å². The number of fused-ring (bicyclic) bond motifs is 2. The number of amides is 3. The molecule has 0 unspecified atom stereocenters. The predicted molar refractivity (Wildman–Crippen MR) is 328 cm³/mol. The first-order chi connectivity index (χ1) is 42.9. The smallest absolute Gasteiger partial charge is 0.490 e. The van der Waals surface area contributed by atoms with Crippen LogP contribution in [-0.4, -0.2) is 149 Å². The van der Waals surface area contributed by atoms with Crippen molar-refractivity contribution in [1.29, 1.82) is 0 Å². The van der Waals surface area contributed by atoms with E-state index in [1.54, 1.807) is 6.07 Å². The van der Waals surface area contributed by atoms with Crippen LogP contribution >= 0.6 is 11.3 Å². The van der Waals surface area contributed by atoms with Crippen molar-refractivity contribution in [1.82, 2.24) is 20.9 Å². The summed E-state index contributed by atoms with van der Waals surface area (Å²) in [5.41, 5.74) is 17.4. The molecule has 93 heavy (non-hydrogen) atoms. The minimum absolute atomic E-state index is 0.0315. The molecule has 5 rings (SSSR count). The average molecular weight is 1390 g/mol. The van der Waals surface area contributed by atoms with Crippen LogP contribution < -0.4 is 32.3 Å². The van der Waals surface area contributed by atoms with Crippen LogP contribution in [0.25, 0.3) is 0 Å². The molecule has 3 aromatic rings. The maximum Gasteiger partial charge on any atom is 0.490 e. The molecule has 0 fully saturated rings. The maximum absolute atomic E-state index is 12.7. The highest BCUT2D eigenvalue weighted by Crippen LogP contribution is 2.47. The Morgan fingerprint density at radius 3 is 1.83 bits per heavy atom. The van der Waals surface area contributed by atoms with Gasteiger partial charge in [-0.05, 0) is 88.1 Å². The number of carboxylic acids is 3.